The van der Waals surface area contributed by atoms with Crippen molar-refractivity contribution in [2.24, 2.45) is 5.10 Å². The molecule has 2 aromatic carbocycles. The molecule has 0 bridgehead atoms. The van der Waals surface area contributed by atoms with Crippen molar-refractivity contribution < 1.29 is 14.3 Å². The second kappa shape index (κ2) is 8.19. The van der Waals surface area contributed by atoms with Crippen LogP contribution in [0.3, 0.4) is 0 Å². The molecule has 0 unspecified atom stereocenters. The average molecular weight is 333 g/mol. The molecule has 1 N–H and O–H groups in total. The molecule has 6 heteroatoms. The normalized spacial score (nSPS) is 10.6. The van der Waals surface area contributed by atoms with Gasteiger partial charge >= 0.3 is 0 Å². The van der Waals surface area contributed by atoms with Crippen LogP contribution in [0.5, 0.6) is 11.5 Å². The number of methoxy groups -OCH3 is 1. The smallest absolute Gasteiger partial charge is 0.275 e. The van der Waals surface area contributed by atoms with Gasteiger partial charge in [0.05, 0.1) is 25.5 Å². The van der Waals surface area contributed by atoms with Crippen molar-refractivity contribution in [3.8, 4) is 11.5 Å². The maximum atomic E-state index is 12.1. The van der Waals surface area contributed by atoms with Gasteiger partial charge in [0.1, 0.15) is 11.5 Å². The van der Waals surface area contributed by atoms with Gasteiger partial charge in [0.25, 0.3) is 5.91 Å². The number of halogens is 1. The van der Waals surface area contributed by atoms with Gasteiger partial charge in [-0.1, -0.05) is 11.6 Å². The maximum absolute atomic E-state index is 12.1. The van der Waals surface area contributed by atoms with Crippen LogP contribution in [0.1, 0.15) is 22.8 Å². The molecule has 2 rings (SSSR count). The lowest BCUT2D eigenvalue weighted by Gasteiger charge is -2.07. The van der Waals surface area contributed by atoms with E-state index in [9.17, 15) is 4.79 Å². The number of carbonyl (C=O) groups is 1. The zero-order chi connectivity index (χ0) is 16.7. The Morgan fingerprint density at radius 3 is 2.65 bits per heavy atom. The monoisotopic (exact) mass is 332 g/mol. The molecule has 0 aliphatic heterocycles. The molecule has 0 saturated heterocycles. The largest absolute Gasteiger partial charge is 0.496 e. The highest BCUT2D eigenvalue weighted by Crippen LogP contribution is 2.22. The number of hydrogen-bond donors (Lipinski definition) is 1. The van der Waals surface area contributed by atoms with Gasteiger partial charge in [-0.2, -0.15) is 5.10 Å². The molecule has 23 heavy (non-hydrogen) atoms. The minimum absolute atomic E-state index is 0.323. The third-order valence-electron chi connectivity index (χ3n) is 2.98. The second-order valence-corrected chi connectivity index (χ2v) is 4.98. The van der Waals surface area contributed by atoms with E-state index in [0.29, 0.717) is 22.9 Å². The number of ether oxygens (including phenoxy) is 2. The molecule has 5 nitrogen and oxygen atoms in total. The molecule has 0 aromatic heterocycles. The van der Waals surface area contributed by atoms with Crippen molar-refractivity contribution in [3.05, 3.63) is 58.6 Å². The molecule has 0 saturated carbocycles. The van der Waals surface area contributed by atoms with Crippen molar-refractivity contribution in [2.45, 2.75) is 6.92 Å². The van der Waals surface area contributed by atoms with E-state index in [1.54, 1.807) is 18.3 Å². The highest BCUT2D eigenvalue weighted by Gasteiger charge is 2.12. The number of benzene rings is 2. The van der Waals surface area contributed by atoms with E-state index in [4.69, 9.17) is 21.1 Å². The van der Waals surface area contributed by atoms with Crippen molar-refractivity contribution in [1.29, 1.82) is 0 Å². The Balaban J connectivity index is 2.02. The summed E-state index contributed by atoms with van der Waals surface area (Å²) in [6.45, 7) is 2.54. The molecule has 1 amide bonds. The van der Waals surface area contributed by atoms with Crippen molar-refractivity contribution in [3.63, 3.8) is 0 Å². The lowest BCUT2D eigenvalue weighted by Crippen LogP contribution is -2.18. The maximum Gasteiger partial charge on any atom is 0.275 e. The van der Waals surface area contributed by atoms with E-state index in [-0.39, 0.29) is 0 Å². The van der Waals surface area contributed by atoms with Crippen LogP contribution in [-0.4, -0.2) is 25.8 Å². The number of carbonyl (C=O) groups excluding carboxylic acids is 1. The number of hydrazone groups is 1. The van der Waals surface area contributed by atoms with Crippen LogP contribution in [0.2, 0.25) is 5.02 Å². The lowest BCUT2D eigenvalue weighted by molar-refractivity contribution is 0.0952. The molecule has 0 aliphatic carbocycles. The number of nitrogens with zero attached hydrogens (tertiary/aromatic N) is 1. The highest BCUT2D eigenvalue weighted by atomic mass is 35.5. The Kier molecular flexibility index (Phi) is 6.00. The summed E-state index contributed by atoms with van der Waals surface area (Å²) in [5.41, 5.74) is 3.61. The molecule has 0 heterocycles. The third kappa shape index (κ3) is 4.72. The fraction of sp³-hybridized carbons (Fsp3) is 0.176. The Bertz CT molecular complexity index is 699. The Hall–Kier alpha value is -2.53. The SMILES string of the molecule is CCOc1ccc(/C=N\NC(=O)c2cc(Cl)ccc2OC)cc1. The molecule has 0 radical (unpaired) electrons. The summed E-state index contributed by atoms with van der Waals surface area (Å²) in [5, 5.41) is 4.39. The summed E-state index contributed by atoms with van der Waals surface area (Å²) in [6.07, 6.45) is 1.55. The number of amides is 1. The van der Waals surface area contributed by atoms with Gasteiger partial charge in [-0.05, 0) is 55.0 Å². The van der Waals surface area contributed by atoms with Crippen molar-refractivity contribution >= 4 is 23.7 Å². The minimum Gasteiger partial charge on any atom is -0.496 e. The fourth-order valence-corrected chi connectivity index (χ4v) is 2.07. The molecule has 0 aliphatic rings. The first-order valence-corrected chi connectivity index (χ1v) is 7.41. The fourth-order valence-electron chi connectivity index (χ4n) is 1.90. The molecular formula is C17H17ClN2O3. The van der Waals surface area contributed by atoms with E-state index in [1.165, 1.54) is 13.2 Å². The van der Waals surface area contributed by atoms with Gasteiger partial charge in [-0.15, -0.1) is 0 Å². The average Bonchev–Trinajstić information content (AvgIpc) is 2.56. The minimum atomic E-state index is -0.397. The third-order valence-corrected chi connectivity index (χ3v) is 3.21. The predicted octanol–water partition coefficient (Wildman–Crippen LogP) is 3.51. The number of rotatable bonds is 6. The van der Waals surface area contributed by atoms with Crippen LogP contribution in [0.25, 0.3) is 0 Å². The van der Waals surface area contributed by atoms with Crippen LogP contribution in [-0.2, 0) is 0 Å². The van der Waals surface area contributed by atoms with Gasteiger partial charge < -0.3 is 9.47 Å². The van der Waals surface area contributed by atoms with Gasteiger partial charge in [0.2, 0.25) is 0 Å². The van der Waals surface area contributed by atoms with E-state index in [0.717, 1.165) is 11.3 Å². The van der Waals surface area contributed by atoms with Crippen LogP contribution in [0.15, 0.2) is 47.6 Å². The predicted molar refractivity (Wildman–Crippen MR) is 90.7 cm³/mol. The lowest BCUT2D eigenvalue weighted by atomic mass is 10.2. The van der Waals surface area contributed by atoms with E-state index < -0.39 is 5.91 Å². The number of hydrogen-bond acceptors (Lipinski definition) is 4. The highest BCUT2D eigenvalue weighted by molar-refractivity contribution is 6.31. The van der Waals surface area contributed by atoms with Gasteiger partial charge in [-0.25, -0.2) is 5.43 Å². The topological polar surface area (TPSA) is 59.9 Å². The van der Waals surface area contributed by atoms with Crippen LogP contribution < -0.4 is 14.9 Å². The van der Waals surface area contributed by atoms with Crippen LogP contribution >= 0.6 is 11.6 Å². The summed E-state index contributed by atoms with van der Waals surface area (Å²) in [5.74, 6) is 0.826. The summed E-state index contributed by atoms with van der Waals surface area (Å²) in [4.78, 5) is 12.1. The summed E-state index contributed by atoms with van der Waals surface area (Å²) >= 11 is 5.90. The Labute approximate surface area is 139 Å². The quantitative estimate of drug-likeness (QED) is 0.650. The van der Waals surface area contributed by atoms with E-state index >= 15 is 0 Å². The summed E-state index contributed by atoms with van der Waals surface area (Å²) < 4.78 is 10.5. The zero-order valence-electron chi connectivity index (χ0n) is 12.9. The van der Waals surface area contributed by atoms with Gasteiger partial charge in [0.15, 0.2) is 0 Å². The Morgan fingerprint density at radius 1 is 1.26 bits per heavy atom. The first-order valence-electron chi connectivity index (χ1n) is 7.04. The second-order valence-electron chi connectivity index (χ2n) is 4.55. The van der Waals surface area contributed by atoms with Crippen LogP contribution in [0, 0.1) is 0 Å². The van der Waals surface area contributed by atoms with E-state index in [1.807, 2.05) is 31.2 Å². The molecule has 0 fully saturated rings. The summed E-state index contributed by atoms with van der Waals surface area (Å²) in [7, 11) is 1.49. The van der Waals surface area contributed by atoms with Crippen molar-refractivity contribution in [1.82, 2.24) is 5.43 Å². The zero-order valence-corrected chi connectivity index (χ0v) is 13.6. The Morgan fingerprint density at radius 2 is 2.00 bits per heavy atom. The first kappa shape index (κ1) is 16.8. The van der Waals surface area contributed by atoms with Crippen molar-refractivity contribution in [2.75, 3.05) is 13.7 Å². The number of nitrogens with one attached hydrogen (secondary N) is 1. The van der Waals surface area contributed by atoms with Gasteiger partial charge in [-0.3, -0.25) is 4.79 Å². The first-order chi connectivity index (χ1) is 11.1. The molecule has 0 spiro atoms. The van der Waals surface area contributed by atoms with E-state index in [2.05, 4.69) is 10.5 Å². The molecule has 120 valence electrons. The van der Waals surface area contributed by atoms with Gasteiger partial charge in [0, 0.05) is 5.02 Å². The standard InChI is InChI=1S/C17H17ClN2O3/c1-3-23-14-7-4-12(5-8-14)11-19-20-17(21)15-10-13(18)6-9-16(15)22-2/h4-11H,3H2,1-2H3,(H,20,21)/b19-11-. The summed E-state index contributed by atoms with van der Waals surface area (Å²) in [6, 6.07) is 12.2. The molecule has 2 aromatic rings. The molecular weight excluding hydrogens is 316 g/mol. The van der Waals surface area contributed by atoms with Crippen LogP contribution in [0.4, 0.5) is 0 Å². The molecule has 0 atom stereocenters.